The van der Waals surface area contributed by atoms with Crippen molar-refractivity contribution in [3.63, 3.8) is 0 Å². The van der Waals surface area contributed by atoms with E-state index >= 15 is 0 Å². The van der Waals surface area contributed by atoms with E-state index in [0.29, 0.717) is 17.2 Å². The summed E-state index contributed by atoms with van der Waals surface area (Å²) in [6, 6.07) is 4.02. The second kappa shape index (κ2) is 7.88. The number of imidazole rings is 1. The fourth-order valence-corrected chi connectivity index (χ4v) is 5.27. The number of hydrogen-bond acceptors (Lipinski definition) is 6. The molecule has 1 aliphatic heterocycles. The molecule has 1 N–H and O–H groups in total. The zero-order valence-corrected chi connectivity index (χ0v) is 17.7. The van der Waals surface area contributed by atoms with Crippen LogP contribution in [0.2, 0.25) is 0 Å². The number of aliphatic hydroxyl groups is 1. The van der Waals surface area contributed by atoms with Gasteiger partial charge in [0.2, 0.25) is 5.75 Å². The van der Waals surface area contributed by atoms with Crippen LogP contribution in [0.15, 0.2) is 24.5 Å². The molecule has 2 atom stereocenters. The third kappa shape index (κ3) is 3.36. The number of likely N-dealkylation sites (tertiary alicyclic amines) is 1. The first-order valence-corrected chi connectivity index (χ1v) is 10.2. The van der Waals surface area contributed by atoms with Gasteiger partial charge in [-0.1, -0.05) is 6.42 Å². The van der Waals surface area contributed by atoms with Gasteiger partial charge in [0, 0.05) is 50.9 Å². The third-order valence-electron chi connectivity index (χ3n) is 6.62. The lowest BCUT2D eigenvalue weighted by atomic mass is 9.65. The monoisotopic (exact) mass is 401 g/mol. The first-order chi connectivity index (χ1) is 14.0. The number of aryl methyl sites for hydroxylation is 1. The first kappa shape index (κ1) is 20.0. The third-order valence-corrected chi connectivity index (χ3v) is 6.62. The normalized spacial score (nSPS) is 26.9. The Labute approximate surface area is 172 Å². The molecule has 0 spiro atoms. The molecule has 1 saturated heterocycles. The van der Waals surface area contributed by atoms with Crippen molar-refractivity contribution in [1.82, 2.24) is 14.5 Å². The van der Waals surface area contributed by atoms with Crippen molar-refractivity contribution in [2.45, 2.75) is 31.4 Å². The average molecular weight is 402 g/mol. The van der Waals surface area contributed by atoms with E-state index in [1.165, 1.54) is 6.42 Å². The van der Waals surface area contributed by atoms with Crippen LogP contribution in [-0.2, 0) is 19.2 Å². The van der Waals surface area contributed by atoms with Gasteiger partial charge in [0.05, 0.1) is 21.3 Å². The van der Waals surface area contributed by atoms with E-state index in [-0.39, 0.29) is 11.8 Å². The van der Waals surface area contributed by atoms with Gasteiger partial charge in [-0.25, -0.2) is 4.98 Å². The summed E-state index contributed by atoms with van der Waals surface area (Å²) < 4.78 is 18.4. The summed E-state index contributed by atoms with van der Waals surface area (Å²) in [4.78, 5) is 6.95. The van der Waals surface area contributed by atoms with Crippen molar-refractivity contribution < 1.29 is 19.3 Å². The van der Waals surface area contributed by atoms with Gasteiger partial charge in [0.25, 0.3) is 0 Å². The van der Waals surface area contributed by atoms with Crippen LogP contribution in [0, 0.1) is 11.8 Å². The molecule has 0 amide bonds. The second-order valence-electron chi connectivity index (χ2n) is 8.24. The number of hydrogen-bond donors (Lipinski definition) is 1. The number of ether oxygens (including phenoxy) is 3. The van der Waals surface area contributed by atoms with Crippen LogP contribution in [0.25, 0.3) is 0 Å². The molecule has 2 aliphatic rings. The molecular weight excluding hydrogens is 370 g/mol. The second-order valence-corrected chi connectivity index (χ2v) is 8.24. The molecule has 2 bridgehead atoms. The number of fused-ring (bicyclic) bond motifs is 2. The van der Waals surface area contributed by atoms with E-state index in [1.54, 1.807) is 27.5 Å². The van der Waals surface area contributed by atoms with Gasteiger partial charge >= 0.3 is 0 Å². The maximum absolute atomic E-state index is 11.7. The van der Waals surface area contributed by atoms with Gasteiger partial charge in [-0.05, 0) is 30.5 Å². The summed E-state index contributed by atoms with van der Waals surface area (Å²) in [5.74, 6) is 3.11. The Balaban J connectivity index is 1.58. The van der Waals surface area contributed by atoms with Crippen LogP contribution in [0.3, 0.4) is 0 Å². The lowest BCUT2D eigenvalue weighted by molar-refractivity contribution is -0.155. The summed E-state index contributed by atoms with van der Waals surface area (Å²) in [6.45, 7) is 2.47. The van der Waals surface area contributed by atoms with Crippen LogP contribution in [0.4, 0.5) is 0 Å². The quantitative estimate of drug-likeness (QED) is 0.802. The number of benzene rings is 1. The maximum Gasteiger partial charge on any atom is 0.203 e. The van der Waals surface area contributed by atoms with Gasteiger partial charge < -0.3 is 23.9 Å². The van der Waals surface area contributed by atoms with Crippen molar-refractivity contribution in [3.05, 3.63) is 35.9 Å². The smallest absolute Gasteiger partial charge is 0.203 e. The van der Waals surface area contributed by atoms with E-state index in [9.17, 15) is 5.11 Å². The highest BCUT2D eigenvalue weighted by molar-refractivity contribution is 5.53. The Kier molecular flexibility index (Phi) is 5.44. The highest BCUT2D eigenvalue weighted by atomic mass is 16.5. The Morgan fingerprint density at radius 2 is 1.69 bits per heavy atom. The van der Waals surface area contributed by atoms with Crippen LogP contribution < -0.4 is 14.2 Å². The minimum atomic E-state index is -0.845. The predicted octanol–water partition coefficient (Wildman–Crippen LogP) is 2.57. The molecular formula is C22H31N3O4. The topological polar surface area (TPSA) is 69.0 Å². The van der Waals surface area contributed by atoms with E-state index in [4.69, 9.17) is 14.2 Å². The van der Waals surface area contributed by atoms with Gasteiger partial charge in [0.15, 0.2) is 11.5 Å². The van der Waals surface area contributed by atoms with Crippen molar-refractivity contribution >= 4 is 0 Å². The fraction of sp³-hybridized carbons (Fsp3) is 0.591. The molecule has 29 heavy (non-hydrogen) atoms. The van der Waals surface area contributed by atoms with Crippen LogP contribution >= 0.6 is 0 Å². The summed E-state index contributed by atoms with van der Waals surface area (Å²) in [5.41, 5.74) is 0.266. The van der Waals surface area contributed by atoms with Crippen molar-refractivity contribution in [2.24, 2.45) is 18.9 Å². The minimum Gasteiger partial charge on any atom is -0.493 e. The summed E-state index contributed by atoms with van der Waals surface area (Å²) in [7, 11) is 6.86. The van der Waals surface area contributed by atoms with Crippen molar-refractivity contribution in [1.29, 1.82) is 0 Å². The zero-order valence-electron chi connectivity index (χ0n) is 17.7. The zero-order chi connectivity index (χ0) is 20.6. The molecule has 0 radical (unpaired) electrons. The van der Waals surface area contributed by atoms with Gasteiger partial charge in [-0.3, -0.25) is 4.90 Å². The Morgan fingerprint density at radius 3 is 2.17 bits per heavy atom. The number of piperidine rings is 1. The number of rotatable bonds is 6. The van der Waals surface area contributed by atoms with Gasteiger partial charge in [-0.2, -0.15) is 0 Å². The lowest BCUT2D eigenvalue weighted by Crippen LogP contribution is -2.58. The molecule has 158 valence electrons. The van der Waals surface area contributed by atoms with Gasteiger partial charge in [0.1, 0.15) is 11.4 Å². The largest absolute Gasteiger partial charge is 0.493 e. The van der Waals surface area contributed by atoms with Crippen LogP contribution in [0.5, 0.6) is 17.2 Å². The molecule has 1 saturated carbocycles. The molecule has 0 unspecified atom stereocenters. The maximum atomic E-state index is 11.7. The Bertz CT molecular complexity index is 826. The van der Waals surface area contributed by atoms with Crippen molar-refractivity contribution in [3.8, 4) is 17.2 Å². The van der Waals surface area contributed by atoms with Crippen LogP contribution in [-0.4, -0.2) is 54.0 Å². The van der Waals surface area contributed by atoms with Crippen molar-refractivity contribution in [2.75, 3.05) is 34.4 Å². The average Bonchev–Trinajstić information content (AvgIpc) is 3.14. The summed E-state index contributed by atoms with van der Waals surface area (Å²) in [5, 5.41) is 11.7. The highest BCUT2D eigenvalue weighted by Crippen LogP contribution is 2.49. The molecule has 2 heterocycles. The fourth-order valence-electron chi connectivity index (χ4n) is 5.27. The van der Waals surface area contributed by atoms with E-state index in [1.807, 2.05) is 29.9 Å². The lowest BCUT2D eigenvalue weighted by Gasteiger charge is -2.52. The Morgan fingerprint density at radius 1 is 1.07 bits per heavy atom. The molecule has 2 fully saturated rings. The standard InChI is InChI=1S/C22H31N3O4/c1-24-9-8-23-21(24)22(26)16-6-5-7-17(22)14-25(13-16)12-15-10-18(27-2)20(29-4)19(11-15)28-3/h8-11,16-17,26H,5-7,12-14H2,1-4H3/t16-,17-/m0/s1. The molecule has 2 aromatic rings. The number of methoxy groups -OCH3 is 3. The molecule has 1 aromatic heterocycles. The Hall–Kier alpha value is -2.25. The summed E-state index contributed by atoms with van der Waals surface area (Å²) >= 11 is 0. The molecule has 1 aromatic carbocycles. The predicted molar refractivity (Wildman–Crippen MR) is 109 cm³/mol. The number of aromatic nitrogens is 2. The van der Waals surface area contributed by atoms with E-state index < -0.39 is 5.60 Å². The molecule has 4 rings (SSSR count). The summed E-state index contributed by atoms with van der Waals surface area (Å²) in [6.07, 6.45) is 6.91. The highest BCUT2D eigenvalue weighted by Gasteiger charge is 2.53. The molecule has 1 aliphatic carbocycles. The van der Waals surface area contributed by atoms with E-state index in [0.717, 1.165) is 43.9 Å². The minimum absolute atomic E-state index is 0.179. The van der Waals surface area contributed by atoms with Crippen LogP contribution in [0.1, 0.15) is 30.7 Å². The SMILES string of the molecule is COc1cc(CN2C[C@@H]3CCC[C@@H](C2)C3(O)c2nccn2C)cc(OC)c1OC. The van der Waals surface area contributed by atoms with E-state index in [2.05, 4.69) is 9.88 Å². The molecule has 7 nitrogen and oxygen atoms in total. The number of nitrogens with zero attached hydrogens (tertiary/aromatic N) is 3. The first-order valence-electron chi connectivity index (χ1n) is 10.2. The van der Waals surface area contributed by atoms with Gasteiger partial charge in [-0.15, -0.1) is 0 Å². The molecule has 7 heteroatoms.